The Morgan fingerprint density at radius 1 is 0.750 bits per heavy atom. The number of nitrogens with one attached hydrogen (secondary N) is 1. The molecule has 0 saturated carbocycles. The lowest BCUT2D eigenvalue weighted by Gasteiger charge is -2.32. The first-order valence-electron chi connectivity index (χ1n) is 10.2. The monoisotopic (exact) mass is 372 g/mol. The maximum absolute atomic E-state index is 5.95. The first-order chi connectivity index (χ1) is 13.8. The Morgan fingerprint density at radius 2 is 1.39 bits per heavy atom. The van der Waals surface area contributed by atoms with E-state index < -0.39 is 0 Å². The van der Waals surface area contributed by atoms with Gasteiger partial charge in [0.05, 0.1) is 0 Å². The van der Waals surface area contributed by atoms with Gasteiger partial charge in [0.1, 0.15) is 11.5 Å². The highest BCUT2D eigenvalue weighted by molar-refractivity contribution is 5.33. The van der Waals surface area contributed by atoms with Crippen LogP contribution in [0, 0.1) is 0 Å². The van der Waals surface area contributed by atoms with Crippen molar-refractivity contribution in [2.75, 3.05) is 13.1 Å². The van der Waals surface area contributed by atoms with Gasteiger partial charge >= 0.3 is 0 Å². The molecule has 1 heterocycles. The lowest BCUT2D eigenvalue weighted by molar-refractivity contribution is 0.190. The number of rotatable bonds is 7. The molecule has 1 fully saturated rings. The van der Waals surface area contributed by atoms with E-state index >= 15 is 0 Å². The zero-order chi connectivity index (χ0) is 19.0. The third kappa shape index (κ3) is 5.44. The van der Waals surface area contributed by atoms with E-state index in [0.29, 0.717) is 6.04 Å². The molecule has 0 aliphatic carbocycles. The Morgan fingerprint density at radius 3 is 2.14 bits per heavy atom. The highest BCUT2D eigenvalue weighted by Crippen LogP contribution is 2.22. The van der Waals surface area contributed by atoms with E-state index in [4.69, 9.17) is 4.74 Å². The first-order valence-corrected chi connectivity index (χ1v) is 10.2. The molecule has 28 heavy (non-hydrogen) atoms. The zero-order valence-electron chi connectivity index (χ0n) is 16.3. The lowest BCUT2D eigenvalue weighted by atomic mass is 10.0. The Bertz CT molecular complexity index is 843. The molecular weight excluding hydrogens is 344 g/mol. The number of hydrogen-bond donors (Lipinski definition) is 1. The quantitative estimate of drug-likeness (QED) is 0.614. The Labute approximate surface area is 168 Å². The van der Waals surface area contributed by atoms with Crippen LogP contribution in [-0.2, 0) is 13.1 Å². The molecule has 0 atom stereocenters. The SMILES string of the molecule is c1ccc(CN2CCC(NCc3cccc(Oc4ccccc4)c3)CC2)cc1. The van der Waals surface area contributed by atoms with Crippen molar-refractivity contribution >= 4 is 0 Å². The van der Waals surface area contributed by atoms with Crippen molar-refractivity contribution in [2.24, 2.45) is 0 Å². The number of likely N-dealkylation sites (tertiary alicyclic amines) is 1. The fourth-order valence-corrected chi connectivity index (χ4v) is 3.74. The molecule has 0 unspecified atom stereocenters. The summed E-state index contributed by atoms with van der Waals surface area (Å²) in [7, 11) is 0. The molecule has 3 heteroatoms. The fraction of sp³-hybridized carbons (Fsp3) is 0.280. The van der Waals surface area contributed by atoms with E-state index in [1.807, 2.05) is 36.4 Å². The van der Waals surface area contributed by atoms with Crippen LogP contribution in [0.25, 0.3) is 0 Å². The maximum atomic E-state index is 5.95. The van der Waals surface area contributed by atoms with Gasteiger partial charge in [0.15, 0.2) is 0 Å². The van der Waals surface area contributed by atoms with Gasteiger partial charge in [0.25, 0.3) is 0 Å². The predicted octanol–water partition coefficient (Wildman–Crippen LogP) is 5.23. The molecular formula is C25H28N2O. The molecule has 1 saturated heterocycles. The summed E-state index contributed by atoms with van der Waals surface area (Å²) >= 11 is 0. The Kier molecular flexibility index (Phi) is 6.38. The lowest BCUT2D eigenvalue weighted by Crippen LogP contribution is -2.41. The summed E-state index contributed by atoms with van der Waals surface area (Å²) in [5.74, 6) is 1.77. The molecule has 0 bridgehead atoms. The number of para-hydroxylation sites is 1. The van der Waals surface area contributed by atoms with E-state index in [-0.39, 0.29) is 0 Å². The van der Waals surface area contributed by atoms with E-state index in [9.17, 15) is 0 Å². The van der Waals surface area contributed by atoms with Gasteiger partial charge in [-0.25, -0.2) is 0 Å². The minimum Gasteiger partial charge on any atom is -0.457 e. The second kappa shape index (κ2) is 9.54. The third-order valence-corrected chi connectivity index (χ3v) is 5.31. The largest absolute Gasteiger partial charge is 0.457 e. The standard InChI is InChI=1S/C25H28N2O/c1-3-8-21(9-4-1)20-27-16-14-23(15-17-27)26-19-22-10-7-13-25(18-22)28-24-11-5-2-6-12-24/h1-13,18,23,26H,14-17,19-20H2. The predicted molar refractivity (Wildman–Crippen MR) is 115 cm³/mol. The Hall–Kier alpha value is -2.62. The molecule has 144 valence electrons. The van der Waals surface area contributed by atoms with Gasteiger partial charge in [-0.3, -0.25) is 4.90 Å². The molecule has 3 aromatic carbocycles. The maximum Gasteiger partial charge on any atom is 0.127 e. The van der Waals surface area contributed by atoms with E-state index in [1.165, 1.54) is 24.0 Å². The third-order valence-electron chi connectivity index (χ3n) is 5.31. The highest BCUT2D eigenvalue weighted by atomic mass is 16.5. The second-order valence-electron chi connectivity index (χ2n) is 7.48. The summed E-state index contributed by atoms with van der Waals surface area (Å²) in [4.78, 5) is 2.56. The molecule has 1 aliphatic rings. The molecule has 1 N–H and O–H groups in total. The number of ether oxygens (including phenoxy) is 1. The average Bonchev–Trinajstić information content (AvgIpc) is 2.75. The van der Waals surface area contributed by atoms with Crippen molar-refractivity contribution in [1.29, 1.82) is 0 Å². The minimum atomic E-state index is 0.589. The van der Waals surface area contributed by atoms with Crippen molar-refractivity contribution in [3.63, 3.8) is 0 Å². The van der Waals surface area contributed by atoms with E-state index in [1.54, 1.807) is 0 Å². The summed E-state index contributed by atoms with van der Waals surface area (Å²) in [6, 6.07) is 29.7. The summed E-state index contributed by atoms with van der Waals surface area (Å²) in [6.07, 6.45) is 2.40. The number of hydrogen-bond acceptors (Lipinski definition) is 3. The van der Waals surface area contributed by atoms with Gasteiger partial charge in [0, 0.05) is 19.1 Å². The van der Waals surface area contributed by atoms with Gasteiger partial charge in [-0.1, -0.05) is 60.7 Å². The summed E-state index contributed by atoms with van der Waals surface area (Å²) in [5.41, 5.74) is 2.67. The van der Waals surface area contributed by atoms with Crippen molar-refractivity contribution in [3.05, 3.63) is 96.1 Å². The van der Waals surface area contributed by atoms with Crippen molar-refractivity contribution in [3.8, 4) is 11.5 Å². The van der Waals surface area contributed by atoms with Gasteiger partial charge in [-0.05, 0) is 61.3 Å². The molecule has 3 aromatic rings. The number of piperidine rings is 1. The molecule has 0 spiro atoms. The van der Waals surface area contributed by atoms with Crippen molar-refractivity contribution in [2.45, 2.75) is 32.0 Å². The normalized spacial score (nSPS) is 15.4. The molecule has 0 aromatic heterocycles. The zero-order valence-corrected chi connectivity index (χ0v) is 16.3. The number of nitrogens with zero attached hydrogens (tertiary/aromatic N) is 1. The fourth-order valence-electron chi connectivity index (χ4n) is 3.74. The van der Waals surface area contributed by atoms with E-state index in [0.717, 1.165) is 37.7 Å². The van der Waals surface area contributed by atoms with E-state index in [2.05, 4.69) is 58.7 Å². The summed E-state index contributed by atoms with van der Waals surface area (Å²) in [5, 5.41) is 3.73. The topological polar surface area (TPSA) is 24.5 Å². The smallest absolute Gasteiger partial charge is 0.127 e. The van der Waals surface area contributed by atoms with Gasteiger partial charge < -0.3 is 10.1 Å². The Balaban J connectivity index is 1.24. The van der Waals surface area contributed by atoms with Crippen LogP contribution < -0.4 is 10.1 Å². The molecule has 0 amide bonds. The minimum absolute atomic E-state index is 0.589. The average molecular weight is 373 g/mol. The summed E-state index contributed by atoms with van der Waals surface area (Å²) in [6.45, 7) is 4.26. The summed E-state index contributed by atoms with van der Waals surface area (Å²) < 4.78 is 5.95. The number of benzene rings is 3. The first kappa shape index (κ1) is 18.7. The van der Waals surface area contributed by atoms with Crippen LogP contribution in [0.2, 0.25) is 0 Å². The van der Waals surface area contributed by atoms with Crippen LogP contribution in [0.1, 0.15) is 24.0 Å². The van der Waals surface area contributed by atoms with Crippen molar-refractivity contribution in [1.82, 2.24) is 10.2 Å². The van der Waals surface area contributed by atoms with Crippen LogP contribution in [0.4, 0.5) is 0 Å². The van der Waals surface area contributed by atoms with Crippen LogP contribution in [-0.4, -0.2) is 24.0 Å². The molecule has 4 rings (SSSR count). The van der Waals surface area contributed by atoms with Crippen LogP contribution in [0.15, 0.2) is 84.9 Å². The highest BCUT2D eigenvalue weighted by Gasteiger charge is 2.18. The molecule has 3 nitrogen and oxygen atoms in total. The van der Waals surface area contributed by atoms with Crippen molar-refractivity contribution < 1.29 is 4.74 Å². The van der Waals surface area contributed by atoms with Gasteiger partial charge in [0.2, 0.25) is 0 Å². The van der Waals surface area contributed by atoms with Gasteiger partial charge in [-0.2, -0.15) is 0 Å². The molecule has 1 aliphatic heterocycles. The second-order valence-corrected chi connectivity index (χ2v) is 7.48. The van der Waals surface area contributed by atoms with Crippen LogP contribution in [0.5, 0.6) is 11.5 Å². The van der Waals surface area contributed by atoms with Crippen LogP contribution >= 0.6 is 0 Å². The molecule has 0 radical (unpaired) electrons. The van der Waals surface area contributed by atoms with Gasteiger partial charge in [-0.15, -0.1) is 0 Å². The van der Waals surface area contributed by atoms with Crippen LogP contribution in [0.3, 0.4) is 0 Å².